The van der Waals surface area contributed by atoms with E-state index in [1.165, 1.54) is 22.3 Å². The summed E-state index contributed by atoms with van der Waals surface area (Å²) in [6, 6.07) is 10.5. The predicted molar refractivity (Wildman–Crippen MR) is 113 cm³/mol. The Balaban J connectivity index is 1.59. The molecule has 1 aliphatic rings. The Hall–Kier alpha value is -2.24. The lowest BCUT2D eigenvalue weighted by Gasteiger charge is -2.35. The van der Waals surface area contributed by atoms with Crippen LogP contribution in [0.4, 0.5) is 0 Å². The molecule has 1 aliphatic heterocycles. The summed E-state index contributed by atoms with van der Waals surface area (Å²) in [4.78, 5) is 5.02. The number of rotatable bonds is 7. The van der Waals surface area contributed by atoms with Gasteiger partial charge in [-0.25, -0.2) is 0 Å². The molecule has 0 atom stereocenters. The van der Waals surface area contributed by atoms with Crippen molar-refractivity contribution < 1.29 is 14.2 Å². The maximum Gasteiger partial charge on any atom is 0.165 e. The first kappa shape index (κ1) is 20.5. The molecule has 0 spiro atoms. The standard InChI is InChI=1S/C23H32N2O3/c1-17-14-22(27-4)18(2)13-20(17)16-25-11-9-24(10-12-25)15-19-7-6-8-21(26-3)23(19)28-5/h6-8,13-14H,9-12,15-16H2,1-5H3. The molecule has 0 radical (unpaired) electrons. The highest BCUT2D eigenvalue weighted by Gasteiger charge is 2.20. The van der Waals surface area contributed by atoms with Crippen molar-refractivity contribution in [3.05, 3.63) is 52.6 Å². The first-order valence-electron chi connectivity index (χ1n) is 9.84. The monoisotopic (exact) mass is 384 g/mol. The van der Waals surface area contributed by atoms with Gasteiger partial charge in [0.15, 0.2) is 11.5 Å². The molecule has 3 rings (SSSR count). The average Bonchev–Trinajstić information content (AvgIpc) is 2.71. The quantitative estimate of drug-likeness (QED) is 0.728. The lowest BCUT2D eigenvalue weighted by molar-refractivity contribution is 0.121. The van der Waals surface area contributed by atoms with Gasteiger partial charge in [-0.15, -0.1) is 0 Å². The first-order chi connectivity index (χ1) is 13.5. The van der Waals surface area contributed by atoms with Crippen molar-refractivity contribution in [1.82, 2.24) is 9.80 Å². The van der Waals surface area contributed by atoms with Crippen LogP contribution in [-0.4, -0.2) is 57.3 Å². The van der Waals surface area contributed by atoms with Crippen LogP contribution in [0.25, 0.3) is 0 Å². The van der Waals surface area contributed by atoms with Crippen LogP contribution < -0.4 is 14.2 Å². The number of piperazine rings is 1. The summed E-state index contributed by atoms with van der Waals surface area (Å²) in [7, 11) is 5.12. The Bertz CT molecular complexity index is 799. The summed E-state index contributed by atoms with van der Waals surface area (Å²) in [5.41, 5.74) is 5.07. The van der Waals surface area contributed by atoms with Crippen LogP contribution in [0, 0.1) is 13.8 Å². The summed E-state index contributed by atoms with van der Waals surface area (Å²) in [6.07, 6.45) is 0. The van der Waals surface area contributed by atoms with Gasteiger partial charge < -0.3 is 14.2 Å². The van der Waals surface area contributed by atoms with Crippen molar-refractivity contribution in [3.8, 4) is 17.2 Å². The van der Waals surface area contributed by atoms with E-state index in [1.807, 2.05) is 12.1 Å². The van der Waals surface area contributed by atoms with E-state index in [-0.39, 0.29) is 0 Å². The molecule has 0 N–H and O–H groups in total. The molecule has 2 aromatic carbocycles. The Kier molecular flexibility index (Phi) is 6.81. The second-order valence-electron chi connectivity index (χ2n) is 7.45. The number of hydrogen-bond acceptors (Lipinski definition) is 5. The number of benzene rings is 2. The number of para-hydroxylation sites is 1. The molecular formula is C23H32N2O3. The van der Waals surface area contributed by atoms with Gasteiger partial charge in [0.1, 0.15) is 5.75 Å². The fraction of sp³-hybridized carbons (Fsp3) is 0.478. The topological polar surface area (TPSA) is 34.2 Å². The molecule has 1 saturated heterocycles. The zero-order valence-corrected chi connectivity index (χ0v) is 17.7. The van der Waals surface area contributed by atoms with E-state index >= 15 is 0 Å². The Morgan fingerprint density at radius 2 is 1.32 bits per heavy atom. The molecule has 1 heterocycles. The molecule has 0 aromatic heterocycles. The van der Waals surface area contributed by atoms with Crippen LogP contribution >= 0.6 is 0 Å². The SMILES string of the molecule is COc1cc(C)c(CN2CCN(Cc3cccc(OC)c3OC)CC2)cc1C. The smallest absolute Gasteiger partial charge is 0.165 e. The highest BCUT2D eigenvalue weighted by Crippen LogP contribution is 2.31. The van der Waals surface area contributed by atoms with Crippen molar-refractivity contribution in [2.75, 3.05) is 47.5 Å². The Morgan fingerprint density at radius 1 is 0.714 bits per heavy atom. The molecule has 0 aliphatic carbocycles. The first-order valence-corrected chi connectivity index (χ1v) is 9.84. The second-order valence-corrected chi connectivity index (χ2v) is 7.45. The van der Waals surface area contributed by atoms with Crippen LogP contribution in [0.5, 0.6) is 17.2 Å². The molecule has 0 amide bonds. The van der Waals surface area contributed by atoms with Gasteiger partial charge in [-0.05, 0) is 42.7 Å². The summed E-state index contributed by atoms with van der Waals surface area (Å²) >= 11 is 0. The molecule has 152 valence electrons. The summed E-state index contributed by atoms with van der Waals surface area (Å²) < 4.78 is 16.4. The highest BCUT2D eigenvalue weighted by atomic mass is 16.5. The molecule has 0 unspecified atom stereocenters. The predicted octanol–water partition coefficient (Wildman–Crippen LogP) is 3.65. The maximum absolute atomic E-state index is 5.58. The van der Waals surface area contributed by atoms with Gasteiger partial charge in [0.25, 0.3) is 0 Å². The lowest BCUT2D eigenvalue weighted by Crippen LogP contribution is -2.45. The minimum absolute atomic E-state index is 0.795. The van der Waals surface area contributed by atoms with Gasteiger partial charge in [0.2, 0.25) is 0 Å². The van der Waals surface area contributed by atoms with Crippen molar-refractivity contribution in [3.63, 3.8) is 0 Å². The lowest BCUT2D eigenvalue weighted by atomic mass is 10.0. The molecular weight excluding hydrogens is 352 g/mol. The van der Waals surface area contributed by atoms with Gasteiger partial charge in [0.05, 0.1) is 21.3 Å². The highest BCUT2D eigenvalue weighted by molar-refractivity contribution is 5.46. The fourth-order valence-electron chi connectivity index (χ4n) is 3.91. The largest absolute Gasteiger partial charge is 0.496 e. The van der Waals surface area contributed by atoms with E-state index in [0.717, 1.165) is 56.5 Å². The number of hydrogen-bond donors (Lipinski definition) is 0. The zero-order valence-electron chi connectivity index (χ0n) is 17.7. The van der Waals surface area contributed by atoms with Crippen LogP contribution in [0.2, 0.25) is 0 Å². The molecule has 0 saturated carbocycles. The van der Waals surface area contributed by atoms with E-state index in [4.69, 9.17) is 14.2 Å². The van der Waals surface area contributed by atoms with E-state index in [2.05, 4.69) is 41.8 Å². The summed E-state index contributed by atoms with van der Waals surface area (Å²) in [6.45, 7) is 10.4. The molecule has 5 nitrogen and oxygen atoms in total. The van der Waals surface area contributed by atoms with Crippen molar-refractivity contribution >= 4 is 0 Å². The van der Waals surface area contributed by atoms with Gasteiger partial charge in [-0.1, -0.05) is 18.2 Å². The molecule has 0 bridgehead atoms. The normalized spacial score (nSPS) is 15.5. The van der Waals surface area contributed by atoms with Crippen molar-refractivity contribution in [2.45, 2.75) is 26.9 Å². The summed E-state index contributed by atoms with van der Waals surface area (Å²) in [5, 5.41) is 0. The third-order valence-electron chi connectivity index (χ3n) is 5.59. The van der Waals surface area contributed by atoms with Crippen molar-refractivity contribution in [2.24, 2.45) is 0 Å². The van der Waals surface area contributed by atoms with Gasteiger partial charge in [-0.3, -0.25) is 9.80 Å². The van der Waals surface area contributed by atoms with Crippen LogP contribution in [0.1, 0.15) is 22.3 Å². The van der Waals surface area contributed by atoms with E-state index in [1.54, 1.807) is 21.3 Å². The Morgan fingerprint density at radius 3 is 1.89 bits per heavy atom. The molecule has 5 heteroatoms. The maximum atomic E-state index is 5.58. The average molecular weight is 385 g/mol. The van der Waals surface area contributed by atoms with Crippen LogP contribution in [0.15, 0.2) is 30.3 Å². The fourth-order valence-corrected chi connectivity index (χ4v) is 3.91. The molecule has 28 heavy (non-hydrogen) atoms. The van der Waals surface area contributed by atoms with Gasteiger partial charge >= 0.3 is 0 Å². The molecule has 1 fully saturated rings. The van der Waals surface area contributed by atoms with Gasteiger partial charge in [-0.2, -0.15) is 0 Å². The van der Waals surface area contributed by atoms with Crippen molar-refractivity contribution in [1.29, 1.82) is 0 Å². The zero-order chi connectivity index (χ0) is 20.1. The molecule has 2 aromatic rings. The Labute approximate surface area is 168 Å². The minimum Gasteiger partial charge on any atom is -0.496 e. The number of methoxy groups -OCH3 is 3. The van der Waals surface area contributed by atoms with E-state index in [9.17, 15) is 0 Å². The number of ether oxygens (including phenoxy) is 3. The number of nitrogens with zero attached hydrogens (tertiary/aromatic N) is 2. The van der Waals surface area contributed by atoms with Crippen LogP contribution in [0.3, 0.4) is 0 Å². The van der Waals surface area contributed by atoms with E-state index in [0.29, 0.717) is 0 Å². The third kappa shape index (κ3) is 4.59. The summed E-state index contributed by atoms with van der Waals surface area (Å²) in [5.74, 6) is 2.61. The van der Waals surface area contributed by atoms with Crippen LogP contribution in [-0.2, 0) is 13.1 Å². The third-order valence-corrected chi connectivity index (χ3v) is 5.59. The number of aryl methyl sites for hydroxylation is 2. The van der Waals surface area contributed by atoms with E-state index < -0.39 is 0 Å². The van der Waals surface area contributed by atoms with Gasteiger partial charge in [0, 0.05) is 44.8 Å². The minimum atomic E-state index is 0.795. The second kappa shape index (κ2) is 9.30.